The molecule has 0 aromatic heterocycles. The van der Waals surface area contributed by atoms with E-state index in [-0.39, 0.29) is 23.7 Å². The predicted octanol–water partition coefficient (Wildman–Crippen LogP) is 4.75. The summed E-state index contributed by atoms with van der Waals surface area (Å²) in [5.74, 6) is -3.98. The van der Waals surface area contributed by atoms with Gasteiger partial charge in [-0.15, -0.1) is 0 Å². The number of carbonyl (C=O) groups excluding carboxylic acids is 4. The van der Waals surface area contributed by atoms with E-state index in [9.17, 15) is 19.2 Å². The van der Waals surface area contributed by atoms with E-state index < -0.39 is 42.3 Å². The number of benzene rings is 3. The van der Waals surface area contributed by atoms with Gasteiger partial charge in [-0.25, -0.2) is 4.79 Å². The smallest absolute Gasteiger partial charge is 0.330 e. The minimum absolute atomic E-state index is 0.277. The van der Waals surface area contributed by atoms with Crippen LogP contribution < -0.4 is 10.1 Å². The highest BCUT2D eigenvalue weighted by Crippen LogP contribution is 2.61. The summed E-state index contributed by atoms with van der Waals surface area (Å²) < 4.78 is 10.6. The van der Waals surface area contributed by atoms with Crippen LogP contribution in [0.2, 0.25) is 5.02 Å². The third kappa shape index (κ3) is 4.28. The molecule has 1 fully saturated rings. The maximum absolute atomic E-state index is 14.1. The van der Waals surface area contributed by atoms with Gasteiger partial charge in [0.1, 0.15) is 11.8 Å². The third-order valence-electron chi connectivity index (χ3n) is 8.41. The number of likely N-dealkylation sites (tertiary alicyclic amines) is 1. The van der Waals surface area contributed by atoms with Crippen molar-refractivity contribution in [2.24, 2.45) is 17.8 Å². The van der Waals surface area contributed by atoms with Crippen LogP contribution in [0.25, 0.3) is 0 Å². The van der Waals surface area contributed by atoms with Crippen LogP contribution in [-0.4, -0.2) is 48.3 Å². The van der Waals surface area contributed by atoms with Crippen molar-refractivity contribution in [3.63, 3.8) is 0 Å². The van der Waals surface area contributed by atoms with Crippen molar-refractivity contribution in [2.75, 3.05) is 19.0 Å². The van der Waals surface area contributed by atoms with Gasteiger partial charge in [-0.1, -0.05) is 74.0 Å². The first kappa shape index (κ1) is 27.0. The van der Waals surface area contributed by atoms with E-state index in [1.807, 2.05) is 48.5 Å². The van der Waals surface area contributed by atoms with Crippen molar-refractivity contribution in [1.82, 2.24) is 4.90 Å². The van der Waals surface area contributed by atoms with Gasteiger partial charge in [-0.2, -0.15) is 0 Å². The summed E-state index contributed by atoms with van der Waals surface area (Å²) in [5.41, 5.74) is 4.54. The van der Waals surface area contributed by atoms with Crippen molar-refractivity contribution < 1.29 is 28.7 Å². The van der Waals surface area contributed by atoms with Gasteiger partial charge in [0.25, 0.3) is 5.91 Å². The number of ether oxygens (including phenoxy) is 2. The molecule has 9 heteroatoms. The Morgan fingerprint density at radius 2 is 1.39 bits per heavy atom. The van der Waals surface area contributed by atoms with Gasteiger partial charge in [0.15, 0.2) is 6.61 Å². The number of nitrogens with one attached hydrogen (secondary N) is 1. The number of rotatable bonds is 7. The molecule has 0 unspecified atom stereocenters. The van der Waals surface area contributed by atoms with E-state index in [2.05, 4.69) is 5.32 Å². The highest BCUT2D eigenvalue weighted by molar-refractivity contribution is 6.31. The van der Waals surface area contributed by atoms with Crippen LogP contribution in [0.3, 0.4) is 0 Å². The summed E-state index contributed by atoms with van der Waals surface area (Å²) in [5, 5.41) is 3.01. The number of halogens is 1. The molecule has 3 aliphatic carbocycles. The molecular formula is C32H29ClN2O6. The Kier molecular flexibility index (Phi) is 6.82. The molecule has 0 radical (unpaired) electrons. The molecule has 3 aromatic carbocycles. The SMILES string of the molecule is COc1ccc(Cl)cc1NC(=O)COC(=O)[C@H](C(C)C)N1C(=O)[C@@H]2C3c4ccccc4C(c4ccccc43)[C@H]2C1=O. The summed E-state index contributed by atoms with van der Waals surface area (Å²) in [6.07, 6.45) is 0. The first-order chi connectivity index (χ1) is 19.7. The number of nitrogens with zero attached hydrogens (tertiary/aromatic N) is 1. The maximum atomic E-state index is 14.1. The average Bonchev–Trinajstić information content (AvgIpc) is 3.22. The van der Waals surface area contributed by atoms with Crippen molar-refractivity contribution >= 4 is 41.0 Å². The number of esters is 1. The van der Waals surface area contributed by atoms with Crippen molar-refractivity contribution in [1.29, 1.82) is 0 Å². The van der Waals surface area contributed by atoms with Gasteiger partial charge in [0.2, 0.25) is 11.8 Å². The fraction of sp³-hybridized carbons (Fsp3) is 0.312. The summed E-state index contributed by atoms with van der Waals surface area (Å²) >= 11 is 6.04. The lowest BCUT2D eigenvalue weighted by Gasteiger charge is -2.45. The van der Waals surface area contributed by atoms with Gasteiger partial charge in [-0.05, 0) is 46.4 Å². The van der Waals surface area contributed by atoms with E-state index in [4.69, 9.17) is 21.1 Å². The number of carbonyl (C=O) groups is 4. The summed E-state index contributed by atoms with van der Waals surface area (Å²) in [6, 6.07) is 19.5. The Morgan fingerprint density at radius 3 is 1.85 bits per heavy atom. The second kappa shape index (κ2) is 10.3. The fourth-order valence-corrected chi connectivity index (χ4v) is 7.01. The lowest BCUT2D eigenvalue weighted by molar-refractivity contribution is -0.162. The van der Waals surface area contributed by atoms with Gasteiger partial charge < -0.3 is 14.8 Å². The zero-order valence-corrected chi connectivity index (χ0v) is 23.6. The minimum Gasteiger partial charge on any atom is -0.495 e. The normalized spacial score (nSPS) is 22.6. The molecule has 3 atom stereocenters. The zero-order valence-electron chi connectivity index (χ0n) is 22.8. The van der Waals surface area contributed by atoms with Gasteiger partial charge >= 0.3 is 5.97 Å². The Morgan fingerprint density at radius 1 is 0.878 bits per heavy atom. The second-order valence-corrected chi connectivity index (χ2v) is 11.4. The van der Waals surface area contributed by atoms with Crippen LogP contribution in [0.15, 0.2) is 66.7 Å². The van der Waals surface area contributed by atoms with Gasteiger partial charge in [0, 0.05) is 16.9 Å². The number of imide groups is 1. The quantitative estimate of drug-likeness (QED) is 0.324. The molecule has 8 nitrogen and oxygen atoms in total. The topological polar surface area (TPSA) is 102 Å². The van der Waals surface area contributed by atoms with Gasteiger partial charge in [-0.3, -0.25) is 19.3 Å². The van der Waals surface area contributed by atoms with Crippen molar-refractivity contribution in [3.05, 3.63) is 94.0 Å². The minimum atomic E-state index is -1.17. The van der Waals surface area contributed by atoms with Crippen LogP contribution in [0.5, 0.6) is 5.75 Å². The molecular weight excluding hydrogens is 544 g/mol. The average molecular weight is 573 g/mol. The molecule has 7 rings (SSSR count). The molecule has 0 spiro atoms. The largest absolute Gasteiger partial charge is 0.495 e. The zero-order chi connectivity index (χ0) is 29.0. The Balaban J connectivity index is 1.25. The number of hydrogen-bond acceptors (Lipinski definition) is 6. The third-order valence-corrected chi connectivity index (χ3v) is 8.65. The summed E-state index contributed by atoms with van der Waals surface area (Å²) in [6.45, 7) is 2.90. The Hall–Kier alpha value is -4.17. The predicted molar refractivity (Wildman–Crippen MR) is 152 cm³/mol. The van der Waals surface area contributed by atoms with Crippen LogP contribution >= 0.6 is 11.6 Å². The maximum Gasteiger partial charge on any atom is 0.330 e. The molecule has 1 aliphatic heterocycles. The number of anilines is 1. The van der Waals surface area contributed by atoms with E-state index in [0.717, 1.165) is 27.2 Å². The summed E-state index contributed by atoms with van der Waals surface area (Å²) in [4.78, 5) is 55.4. The Labute approximate surface area is 242 Å². The van der Waals surface area contributed by atoms with Crippen LogP contribution in [-0.2, 0) is 23.9 Å². The number of methoxy groups -OCH3 is 1. The highest BCUT2D eigenvalue weighted by Gasteiger charge is 2.63. The van der Waals surface area contributed by atoms with E-state index in [1.165, 1.54) is 13.2 Å². The molecule has 1 N–H and O–H groups in total. The number of hydrogen-bond donors (Lipinski definition) is 1. The first-order valence-corrected chi connectivity index (χ1v) is 13.9. The summed E-state index contributed by atoms with van der Waals surface area (Å²) in [7, 11) is 1.46. The first-order valence-electron chi connectivity index (χ1n) is 13.6. The van der Waals surface area contributed by atoms with E-state index in [1.54, 1.807) is 26.0 Å². The fourth-order valence-electron chi connectivity index (χ4n) is 6.84. The number of amides is 3. The lowest BCUT2D eigenvalue weighted by atomic mass is 9.55. The van der Waals surface area contributed by atoms with Crippen LogP contribution in [0.1, 0.15) is 47.9 Å². The monoisotopic (exact) mass is 572 g/mol. The van der Waals surface area contributed by atoms with E-state index >= 15 is 0 Å². The van der Waals surface area contributed by atoms with E-state index in [0.29, 0.717) is 16.5 Å². The molecule has 210 valence electrons. The second-order valence-electron chi connectivity index (χ2n) is 11.0. The van der Waals surface area contributed by atoms with Crippen LogP contribution in [0.4, 0.5) is 5.69 Å². The molecule has 3 amide bonds. The highest BCUT2D eigenvalue weighted by atomic mass is 35.5. The lowest BCUT2D eigenvalue weighted by Crippen LogP contribution is -2.49. The van der Waals surface area contributed by atoms with Crippen molar-refractivity contribution in [3.8, 4) is 5.75 Å². The molecule has 1 saturated heterocycles. The molecule has 4 aliphatic rings. The molecule has 3 aromatic rings. The molecule has 1 heterocycles. The standard InChI is InChI=1S/C32H29ClN2O6/c1-16(2)29(32(39)41-15-24(36)34-22-14-17(33)12-13-23(22)40-3)35-30(37)27-25-18-8-4-5-9-19(18)26(28(27)31(35)38)21-11-7-6-10-20(21)25/h4-14,16,25-29H,15H2,1-3H3,(H,34,36)/t25?,26?,27-,28-,29+/m1/s1. The molecule has 0 saturated carbocycles. The van der Waals surface area contributed by atoms with Crippen molar-refractivity contribution in [2.45, 2.75) is 31.7 Å². The van der Waals surface area contributed by atoms with Gasteiger partial charge in [0.05, 0.1) is 24.6 Å². The van der Waals surface area contributed by atoms with Crippen LogP contribution in [0, 0.1) is 17.8 Å². The molecule has 41 heavy (non-hydrogen) atoms. The molecule has 2 bridgehead atoms. The Bertz CT molecular complexity index is 1470.